The fourth-order valence-electron chi connectivity index (χ4n) is 4.23. The fraction of sp³-hybridized carbons (Fsp3) is 0.148. The Hall–Kier alpha value is -4.33. The van der Waals surface area contributed by atoms with Crippen LogP contribution < -0.4 is 5.32 Å². The maximum atomic E-state index is 14.1. The van der Waals surface area contributed by atoms with Crippen molar-refractivity contribution in [3.05, 3.63) is 113 Å². The van der Waals surface area contributed by atoms with E-state index in [-0.39, 0.29) is 23.6 Å². The van der Waals surface area contributed by atoms with Gasteiger partial charge in [-0.25, -0.2) is 13.6 Å². The lowest BCUT2D eigenvalue weighted by Gasteiger charge is -2.35. The van der Waals surface area contributed by atoms with Crippen molar-refractivity contribution in [3.8, 4) is 11.4 Å². The van der Waals surface area contributed by atoms with Crippen molar-refractivity contribution in [1.29, 1.82) is 0 Å². The number of aromatic nitrogens is 2. The van der Waals surface area contributed by atoms with Gasteiger partial charge in [-0.3, -0.25) is 4.90 Å². The highest BCUT2D eigenvalue weighted by Gasteiger charge is 2.36. The van der Waals surface area contributed by atoms with E-state index in [0.717, 1.165) is 11.1 Å². The Morgan fingerprint density at radius 3 is 2.49 bits per heavy atom. The molecule has 5 rings (SSSR count). The number of hydrogen-bond donors (Lipinski definition) is 1. The molecule has 1 unspecified atom stereocenters. The second kappa shape index (κ2) is 9.13. The summed E-state index contributed by atoms with van der Waals surface area (Å²) in [5, 5.41) is 7.03. The van der Waals surface area contributed by atoms with Crippen LogP contribution in [0.2, 0.25) is 0 Å². The van der Waals surface area contributed by atoms with Gasteiger partial charge in [0, 0.05) is 11.3 Å². The zero-order valence-electron chi connectivity index (χ0n) is 19.1. The van der Waals surface area contributed by atoms with Crippen LogP contribution in [-0.2, 0) is 6.54 Å². The highest BCUT2D eigenvalue weighted by molar-refractivity contribution is 5.86. The molecule has 1 aliphatic heterocycles. The van der Waals surface area contributed by atoms with Gasteiger partial charge in [-0.1, -0.05) is 47.1 Å². The van der Waals surface area contributed by atoms with Crippen LogP contribution in [0.25, 0.3) is 17.0 Å². The van der Waals surface area contributed by atoms with Crippen molar-refractivity contribution in [1.82, 2.24) is 20.4 Å². The van der Waals surface area contributed by atoms with E-state index in [1.165, 1.54) is 24.3 Å². The molecule has 0 spiro atoms. The molecule has 0 fully saturated rings. The fourth-order valence-corrected chi connectivity index (χ4v) is 4.23. The second-order valence-corrected chi connectivity index (χ2v) is 8.44. The Kier molecular flexibility index (Phi) is 5.86. The van der Waals surface area contributed by atoms with E-state index < -0.39 is 11.9 Å². The van der Waals surface area contributed by atoms with Crippen LogP contribution in [0.5, 0.6) is 0 Å². The number of benzene rings is 3. The minimum absolute atomic E-state index is 0.185. The van der Waals surface area contributed by atoms with Crippen molar-refractivity contribution in [2.45, 2.75) is 26.4 Å². The van der Waals surface area contributed by atoms with E-state index >= 15 is 0 Å². The van der Waals surface area contributed by atoms with Crippen LogP contribution in [0.1, 0.15) is 35.5 Å². The number of urea groups is 1. The van der Waals surface area contributed by atoms with E-state index in [1.807, 2.05) is 31.2 Å². The summed E-state index contributed by atoms with van der Waals surface area (Å²) in [5.41, 5.74) is 4.34. The first-order valence-corrected chi connectivity index (χ1v) is 11.1. The first kappa shape index (κ1) is 22.5. The number of aryl methyl sites for hydroxylation is 1. The summed E-state index contributed by atoms with van der Waals surface area (Å²) in [6.07, 6.45) is 0. The van der Waals surface area contributed by atoms with E-state index in [4.69, 9.17) is 4.52 Å². The molecular formula is C27H22F2N4O2. The number of carbonyl (C=O) groups is 1. The van der Waals surface area contributed by atoms with Crippen molar-refractivity contribution in [2.24, 2.45) is 0 Å². The monoisotopic (exact) mass is 472 g/mol. The van der Waals surface area contributed by atoms with Gasteiger partial charge in [0.15, 0.2) is 0 Å². The van der Waals surface area contributed by atoms with Gasteiger partial charge in [0.05, 0.1) is 18.2 Å². The Labute approximate surface area is 200 Å². The average molecular weight is 472 g/mol. The normalized spacial score (nSPS) is 15.9. The molecule has 35 heavy (non-hydrogen) atoms. The number of nitrogens with zero attached hydrogens (tertiary/aromatic N) is 3. The van der Waals surface area contributed by atoms with Gasteiger partial charge < -0.3 is 9.84 Å². The van der Waals surface area contributed by atoms with Gasteiger partial charge in [-0.05, 0) is 61.4 Å². The standard InChI is InChI=1S/C27H22F2N4O2/c1-16-5-3-6-18(13-16)15-33-17(2)23(24(30-27(33)34)20-7-4-8-22(29)14-20)26-31-25(32-35-26)19-9-11-21(28)12-10-19/h3-14,24H,15H2,1-2H3,(H,30,34). The van der Waals surface area contributed by atoms with Crippen LogP contribution in [0.15, 0.2) is 83.0 Å². The molecule has 2 heterocycles. The molecule has 1 N–H and O–H groups in total. The van der Waals surface area contributed by atoms with E-state index in [2.05, 4.69) is 15.5 Å². The van der Waals surface area contributed by atoms with Crippen molar-refractivity contribution in [2.75, 3.05) is 0 Å². The topological polar surface area (TPSA) is 71.3 Å². The van der Waals surface area contributed by atoms with Gasteiger partial charge in [0.2, 0.25) is 5.82 Å². The molecule has 0 bridgehead atoms. The van der Waals surface area contributed by atoms with Crippen LogP contribution in [-0.4, -0.2) is 21.1 Å². The van der Waals surface area contributed by atoms with Crippen LogP contribution >= 0.6 is 0 Å². The second-order valence-electron chi connectivity index (χ2n) is 8.44. The number of nitrogens with one attached hydrogen (secondary N) is 1. The summed E-state index contributed by atoms with van der Waals surface area (Å²) in [6, 6.07) is 18.6. The third kappa shape index (κ3) is 4.55. The molecule has 6 nitrogen and oxygen atoms in total. The number of hydrogen-bond acceptors (Lipinski definition) is 4. The molecule has 0 saturated heterocycles. The van der Waals surface area contributed by atoms with Crippen molar-refractivity contribution < 1.29 is 18.1 Å². The lowest BCUT2D eigenvalue weighted by Crippen LogP contribution is -2.45. The number of allylic oxidation sites excluding steroid dienone is 1. The Morgan fingerprint density at radius 1 is 0.971 bits per heavy atom. The van der Waals surface area contributed by atoms with Gasteiger partial charge in [0.25, 0.3) is 5.89 Å². The number of amides is 2. The quantitative estimate of drug-likeness (QED) is 0.386. The minimum Gasteiger partial charge on any atom is -0.334 e. The summed E-state index contributed by atoms with van der Waals surface area (Å²) in [6.45, 7) is 4.12. The Balaban J connectivity index is 1.60. The van der Waals surface area contributed by atoms with Crippen molar-refractivity contribution >= 4 is 11.6 Å². The number of halogens is 2. The molecule has 0 saturated carbocycles. The summed E-state index contributed by atoms with van der Waals surface area (Å²) < 4.78 is 33.1. The molecule has 0 aliphatic carbocycles. The summed E-state index contributed by atoms with van der Waals surface area (Å²) >= 11 is 0. The Morgan fingerprint density at radius 2 is 1.74 bits per heavy atom. The van der Waals surface area contributed by atoms with Gasteiger partial charge in [-0.2, -0.15) is 4.98 Å². The third-order valence-electron chi connectivity index (χ3n) is 5.96. The number of rotatable bonds is 5. The van der Waals surface area contributed by atoms with Gasteiger partial charge >= 0.3 is 6.03 Å². The van der Waals surface area contributed by atoms with Crippen LogP contribution in [0, 0.1) is 18.6 Å². The molecule has 1 aliphatic rings. The molecule has 1 atom stereocenters. The smallest absolute Gasteiger partial charge is 0.322 e. The maximum absolute atomic E-state index is 14.1. The molecule has 2 amide bonds. The predicted octanol–water partition coefficient (Wildman–Crippen LogP) is 6.02. The van der Waals surface area contributed by atoms with Crippen LogP contribution in [0.4, 0.5) is 13.6 Å². The Bertz CT molecular complexity index is 1430. The molecule has 1 aromatic heterocycles. The third-order valence-corrected chi connectivity index (χ3v) is 5.96. The average Bonchev–Trinajstić information content (AvgIpc) is 3.31. The summed E-state index contributed by atoms with van der Waals surface area (Å²) in [4.78, 5) is 19.3. The zero-order valence-corrected chi connectivity index (χ0v) is 19.1. The molecule has 8 heteroatoms. The largest absolute Gasteiger partial charge is 0.334 e. The molecule has 4 aromatic rings. The highest BCUT2D eigenvalue weighted by Crippen LogP contribution is 2.38. The van der Waals surface area contributed by atoms with E-state index in [1.54, 1.807) is 36.1 Å². The minimum atomic E-state index is -0.700. The lowest BCUT2D eigenvalue weighted by atomic mass is 9.94. The van der Waals surface area contributed by atoms with E-state index in [9.17, 15) is 13.6 Å². The van der Waals surface area contributed by atoms with Gasteiger partial charge in [-0.15, -0.1) is 0 Å². The summed E-state index contributed by atoms with van der Waals surface area (Å²) in [7, 11) is 0. The predicted molar refractivity (Wildman–Crippen MR) is 127 cm³/mol. The number of carbonyl (C=O) groups excluding carboxylic acids is 1. The SMILES string of the molecule is CC1=C(c2nc(-c3ccc(F)cc3)no2)C(c2cccc(F)c2)NC(=O)N1Cc1cccc(C)c1. The molecule has 176 valence electrons. The lowest BCUT2D eigenvalue weighted by molar-refractivity contribution is 0.203. The molecule has 3 aromatic carbocycles. The highest BCUT2D eigenvalue weighted by atomic mass is 19.1. The van der Waals surface area contributed by atoms with E-state index in [0.29, 0.717) is 28.9 Å². The maximum Gasteiger partial charge on any atom is 0.322 e. The molecule has 0 radical (unpaired) electrons. The first-order chi connectivity index (χ1) is 16.9. The van der Waals surface area contributed by atoms with Crippen molar-refractivity contribution in [3.63, 3.8) is 0 Å². The molecular weight excluding hydrogens is 450 g/mol. The van der Waals surface area contributed by atoms with Crippen LogP contribution in [0.3, 0.4) is 0 Å². The summed E-state index contributed by atoms with van der Waals surface area (Å²) in [5.74, 6) is -0.330. The first-order valence-electron chi connectivity index (χ1n) is 11.1. The zero-order chi connectivity index (χ0) is 24.5. The van der Waals surface area contributed by atoms with Gasteiger partial charge in [0.1, 0.15) is 11.6 Å².